The maximum atomic E-state index is 5.97. The SMILES string of the molecule is CCOc1ccccc1-n1ccc([C@@H]2OCCN2Cc2ccco2)c1. The second-order valence-electron chi connectivity index (χ2n) is 6.03. The first-order chi connectivity index (χ1) is 12.3. The van der Waals surface area contributed by atoms with Gasteiger partial charge in [-0.25, -0.2) is 0 Å². The Hall–Kier alpha value is -2.50. The summed E-state index contributed by atoms with van der Waals surface area (Å²) in [6.45, 7) is 5.01. The zero-order valence-corrected chi connectivity index (χ0v) is 14.3. The Kier molecular flexibility index (Phi) is 4.59. The van der Waals surface area contributed by atoms with E-state index < -0.39 is 0 Å². The molecule has 1 aliphatic heterocycles. The highest BCUT2D eigenvalue weighted by atomic mass is 16.5. The Morgan fingerprint density at radius 3 is 2.92 bits per heavy atom. The Morgan fingerprint density at radius 1 is 1.16 bits per heavy atom. The van der Waals surface area contributed by atoms with Crippen molar-refractivity contribution in [1.29, 1.82) is 0 Å². The molecule has 130 valence electrons. The van der Waals surface area contributed by atoms with Crippen LogP contribution in [-0.4, -0.2) is 29.2 Å². The molecule has 1 saturated heterocycles. The third kappa shape index (κ3) is 3.34. The molecule has 5 nitrogen and oxygen atoms in total. The van der Waals surface area contributed by atoms with Crippen LogP contribution in [-0.2, 0) is 11.3 Å². The predicted molar refractivity (Wildman–Crippen MR) is 94.7 cm³/mol. The summed E-state index contributed by atoms with van der Waals surface area (Å²) in [5, 5.41) is 0. The van der Waals surface area contributed by atoms with Gasteiger partial charge in [-0.3, -0.25) is 4.90 Å². The molecule has 25 heavy (non-hydrogen) atoms. The lowest BCUT2D eigenvalue weighted by molar-refractivity contribution is 0.0258. The summed E-state index contributed by atoms with van der Waals surface area (Å²) >= 11 is 0. The molecule has 0 bridgehead atoms. The molecule has 1 aliphatic rings. The van der Waals surface area contributed by atoms with Crippen molar-refractivity contribution >= 4 is 0 Å². The van der Waals surface area contributed by atoms with Crippen LogP contribution in [0.4, 0.5) is 0 Å². The number of benzene rings is 1. The molecule has 0 radical (unpaired) electrons. The lowest BCUT2D eigenvalue weighted by Crippen LogP contribution is -2.22. The largest absolute Gasteiger partial charge is 0.492 e. The average Bonchev–Trinajstić information content (AvgIpc) is 3.37. The summed E-state index contributed by atoms with van der Waals surface area (Å²) in [6.07, 6.45) is 5.83. The van der Waals surface area contributed by atoms with Crippen molar-refractivity contribution < 1.29 is 13.9 Å². The summed E-state index contributed by atoms with van der Waals surface area (Å²) < 4.78 is 19.3. The molecule has 1 atom stereocenters. The average molecular weight is 338 g/mol. The monoisotopic (exact) mass is 338 g/mol. The number of hydrogen-bond acceptors (Lipinski definition) is 4. The van der Waals surface area contributed by atoms with Crippen LogP contribution in [0.5, 0.6) is 5.75 Å². The van der Waals surface area contributed by atoms with Gasteiger partial charge in [0.1, 0.15) is 17.7 Å². The van der Waals surface area contributed by atoms with E-state index in [2.05, 4.69) is 34.0 Å². The standard InChI is InChI=1S/C20H22N2O3/c1-2-23-19-8-4-3-7-18(19)21-10-9-16(14-21)20-22(11-13-25-20)15-17-6-5-12-24-17/h3-10,12,14,20H,2,11,13,15H2,1H3/t20-/m0/s1. The first-order valence-corrected chi connectivity index (χ1v) is 8.63. The molecule has 3 heterocycles. The molecule has 0 unspecified atom stereocenters. The number of ether oxygens (including phenoxy) is 2. The van der Waals surface area contributed by atoms with Gasteiger partial charge in [-0.2, -0.15) is 0 Å². The van der Waals surface area contributed by atoms with Gasteiger partial charge in [0.15, 0.2) is 0 Å². The van der Waals surface area contributed by atoms with E-state index in [0.29, 0.717) is 6.61 Å². The summed E-state index contributed by atoms with van der Waals surface area (Å²) in [5.41, 5.74) is 2.17. The topological polar surface area (TPSA) is 39.8 Å². The molecule has 2 aromatic heterocycles. The Bertz CT molecular complexity index is 810. The van der Waals surface area contributed by atoms with E-state index in [-0.39, 0.29) is 6.23 Å². The van der Waals surface area contributed by atoms with Crippen molar-refractivity contribution in [3.05, 3.63) is 72.4 Å². The first kappa shape index (κ1) is 16.0. The van der Waals surface area contributed by atoms with E-state index in [1.807, 2.05) is 37.3 Å². The molecule has 3 aromatic rings. The number of hydrogen-bond donors (Lipinski definition) is 0. The fourth-order valence-corrected chi connectivity index (χ4v) is 3.23. The third-order valence-corrected chi connectivity index (χ3v) is 4.37. The van der Waals surface area contributed by atoms with E-state index in [1.54, 1.807) is 6.26 Å². The fourth-order valence-electron chi connectivity index (χ4n) is 3.23. The van der Waals surface area contributed by atoms with Gasteiger partial charge in [0.05, 0.1) is 31.7 Å². The van der Waals surface area contributed by atoms with Crippen molar-refractivity contribution in [2.75, 3.05) is 19.8 Å². The van der Waals surface area contributed by atoms with Crippen molar-refractivity contribution in [3.8, 4) is 11.4 Å². The van der Waals surface area contributed by atoms with Crippen LogP contribution in [0.3, 0.4) is 0 Å². The summed E-state index contributed by atoms with van der Waals surface area (Å²) in [7, 11) is 0. The zero-order valence-electron chi connectivity index (χ0n) is 14.3. The highest BCUT2D eigenvalue weighted by molar-refractivity contribution is 5.47. The highest BCUT2D eigenvalue weighted by Crippen LogP contribution is 2.31. The molecule has 1 aromatic carbocycles. The van der Waals surface area contributed by atoms with E-state index in [1.165, 1.54) is 0 Å². The second kappa shape index (κ2) is 7.17. The molecular formula is C20H22N2O3. The lowest BCUT2D eigenvalue weighted by atomic mass is 10.2. The maximum Gasteiger partial charge on any atom is 0.143 e. The molecule has 0 saturated carbocycles. The van der Waals surface area contributed by atoms with Gasteiger partial charge < -0.3 is 18.5 Å². The number of rotatable bonds is 6. The van der Waals surface area contributed by atoms with Crippen molar-refractivity contribution in [1.82, 2.24) is 9.47 Å². The Balaban J connectivity index is 1.56. The van der Waals surface area contributed by atoms with E-state index in [9.17, 15) is 0 Å². The van der Waals surface area contributed by atoms with Crippen molar-refractivity contribution in [2.24, 2.45) is 0 Å². The van der Waals surface area contributed by atoms with Gasteiger partial charge in [0.25, 0.3) is 0 Å². The van der Waals surface area contributed by atoms with Gasteiger partial charge in [-0.15, -0.1) is 0 Å². The smallest absolute Gasteiger partial charge is 0.143 e. The van der Waals surface area contributed by atoms with E-state index in [4.69, 9.17) is 13.9 Å². The normalized spacial score (nSPS) is 17.9. The number of aromatic nitrogens is 1. The molecule has 0 N–H and O–H groups in total. The summed E-state index contributed by atoms with van der Waals surface area (Å²) in [5.74, 6) is 1.84. The van der Waals surface area contributed by atoms with Crippen molar-refractivity contribution in [2.45, 2.75) is 19.7 Å². The minimum absolute atomic E-state index is 0.0504. The number of para-hydroxylation sites is 2. The molecule has 0 aliphatic carbocycles. The van der Waals surface area contributed by atoms with Crippen LogP contribution in [0, 0.1) is 0 Å². The maximum absolute atomic E-state index is 5.97. The second-order valence-corrected chi connectivity index (χ2v) is 6.03. The van der Waals surface area contributed by atoms with Crippen LogP contribution in [0.15, 0.2) is 65.5 Å². The van der Waals surface area contributed by atoms with E-state index >= 15 is 0 Å². The van der Waals surface area contributed by atoms with Gasteiger partial charge in [-0.05, 0) is 37.3 Å². The van der Waals surface area contributed by atoms with Crippen LogP contribution in [0.2, 0.25) is 0 Å². The van der Waals surface area contributed by atoms with Gasteiger partial charge in [0, 0.05) is 24.5 Å². The minimum atomic E-state index is -0.0504. The quantitative estimate of drug-likeness (QED) is 0.681. The molecule has 5 heteroatoms. The van der Waals surface area contributed by atoms with Crippen LogP contribution < -0.4 is 4.74 Å². The lowest BCUT2D eigenvalue weighted by Gasteiger charge is -2.21. The molecular weight excluding hydrogens is 316 g/mol. The highest BCUT2D eigenvalue weighted by Gasteiger charge is 2.28. The summed E-state index contributed by atoms with van der Waals surface area (Å²) in [4.78, 5) is 2.28. The Morgan fingerprint density at radius 2 is 2.08 bits per heavy atom. The van der Waals surface area contributed by atoms with Crippen molar-refractivity contribution in [3.63, 3.8) is 0 Å². The van der Waals surface area contributed by atoms with Crippen LogP contribution >= 0.6 is 0 Å². The summed E-state index contributed by atoms with van der Waals surface area (Å²) in [6, 6.07) is 14.1. The van der Waals surface area contributed by atoms with Gasteiger partial charge in [-0.1, -0.05) is 12.1 Å². The predicted octanol–water partition coefficient (Wildman–Crippen LogP) is 4.00. The van der Waals surface area contributed by atoms with Crippen LogP contribution in [0.25, 0.3) is 5.69 Å². The van der Waals surface area contributed by atoms with Gasteiger partial charge in [0.2, 0.25) is 0 Å². The molecule has 0 amide bonds. The number of furan rings is 1. The third-order valence-electron chi connectivity index (χ3n) is 4.37. The zero-order chi connectivity index (χ0) is 17.1. The van der Waals surface area contributed by atoms with E-state index in [0.717, 1.165) is 42.5 Å². The Labute approximate surface area is 147 Å². The molecule has 0 spiro atoms. The van der Waals surface area contributed by atoms with Gasteiger partial charge >= 0.3 is 0 Å². The minimum Gasteiger partial charge on any atom is -0.492 e. The number of nitrogens with zero attached hydrogens (tertiary/aromatic N) is 2. The molecule has 4 rings (SSSR count). The fraction of sp³-hybridized carbons (Fsp3) is 0.300. The van der Waals surface area contributed by atoms with Crippen LogP contribution in [0.1, 0.15) is 24.5 Å². The first-order valence-electron chi connectivity index (χ1n) is 8.63. The molecule has 1 fully saturated rings.